The van der Waals surface area contributed by atoms with Gasteiger partial charge >= 0.3 is 6.09 Å². The third-order valence-electron chi connectivity index (χ3n) is 5.61. The van der Waals surface area contributed by atoms with E-state index in [4.69, 9.17) is 4.74 Å². The summed E-state index contributed by atoms with van der Waals surface area (Å²) < 4.78 is 19.1. The first-order chi connectivity index (χ1) is 17.1. The number of ether oxygens (including phenoxy) is 1. The van der Waals surface area contributed by atoms with Gasteiger partial charge in [0.05, 0.1) is 5.54 Å². The Morgan fingerprint density at radius 1 is 1.03 bits per heavy atom. The molecule has 0 radical (unpaired) electrons. The molecule has 1 unspecified atom stereocenters. The van der Waals surface area contributed by atoms with Gasteiger partial charge in [-0.15, -0.1) is 13.2 Å². The van der Waals surface area contributed by atoms with Crippen LogP contribution in [0.15, 0.2) is 98.2 Å². The standard InChI is InChI=1S/C30H31FN2O3/c1-6-18-30(7-2,24-11-9-8-10-12-24)33(28(35)36-29(3,4)5)27-21-22(17-19-32-27)20-26(34)23-13-15-25(31)16-14-23/h6-17,19,21H,1-2,18,20H2,3-5H3. The lowest BCUT2D eigenvalue weighted by atomic mass is 9.84. The van der Waals surface area contributed by atoms with Gasteiger partial charge in [0.2, 0.25) is 0 Å². The van der Waals surface area contributed by atoms with Gasteiger partial charge < -0.3 is 4.74 Å². The Labute approximate surface area is 211 Å². The summed E-state index contributed by atoms with van der Waals surface area (Å²) in [6, 6.07) is 18.3. The van der Waals surface area contributed by atoms with Gasteiger partial charge in [-0.2, -0.15) is 0 Å². The van der Waals surface area contributed by atoms with Crippen LogP contribution in [0, 0.1) is 5.82 Å². The number of hydrogen-bond acceptors (Lipinski definition) is 4. The molecule has 0 saturated heterocycles. The highest BCUT2D eigenvalue weighted by atomic mass is 19.1. The molecule has 0 fully saturated rings. The largest absolute Gasteiger partial charge is 0.443 e. The van der Waals surface area contributed by atoms with Crippen molar-refractivity contribution in [3.05, 3.63) is 121 Å². The van der Waals surface area contributed by atoms with Crippen molar-refractivity contribution >= 4 is 17.7 Å². The smallest absolute Gasteiger partial charge is 0.417 e. The van der Waals surface area contributed by atoms with Crippen LogP contribution < -0.4 is 4.90 Å². The fourth-order valence-electron chi connectivity index (χ4n) is 3.96. The molecule has 2 aromatic carbocycles. The molecule has 0 N–H and O–H groups in total. The van der Waals surface area contributed by atoms with Crippen molar-refractivity contribution in [2.45, 2.75) is 44.8 Å². The molecule has 0 aliphatic carbocycles. The fraction of sp³-hybridized carbons (Fsp3) is 0.233. The summed E-state index contributed by atoms with van der Waals surface area (Å²) in [5.41, 5.74) is 0.0456. The number of aromatic nitrogens is 1. The molecule has 3 rings (SSSR count). The Balaban J connectivity index is 2.10. The summed E-state index contributed by atoms with van der Waals surface area (Å²) in [7, 11) is 0. The second-order valence-corrected chi connectivity index (χ2v) is 9.43. The molecule has 1 amide bonds. The van der Waals surface area contributed by atoms with Crippen LogP contribution in [0.5, 0.6) is 0 Å². The molecular weight excluding hydrogens is 455 g/mol. The number of rotatable bonds is 9. The normalized spacial score (nSPS) is 12.8. The van der Waals surface area contributed by atoms with Crippen LogP contribution in [0.3, 0.4) is 0 Å². The molecule has 0 aliphatic rings. The Morgan fingerprint density at radius 3 is 2.28 bits per heavy atom. The SMILES string of the molecule is C=CCC(C=C)(c1ccccc1)N(C(=O)OC(C)(C)C)c1cc(CC(=O)c2ccc(F)cc2)ccn1. The summed E-state index contributed by atoms with van der Waals surface area (Å²) in [6.07, 6.45) is 4.74. The number of carbonyl (C=O) groups excluding carboxylic acids is 2. The van der Waals surface area contributed by atoms with Gasteiger partial charge in [-0.1, -0.05) is 42.5 Å². The Kier molecular flexibility index (Phi) is 8.20. The molecule has 5 nitrogen and oxygen atoms in total. The van der Waals surface area contributed by atoms with Crippen LogP contribution >= 0.6 is 0 Å². The minimum absolute atomic E-state index is 0.0528. The van der Waals surface area contributed by atoms with Crippen LogP contribution in [-0.2, 0) is 16.7 Å². The number of hydrogen-bond donors (Lipinski definition) is 0. The predicted molar refractivity (Wildman–Crippen MR) is 141 cm³/mol. The number of anilines is 1. The summed E-state index contributed by atoms with van der Waals surface area (Å²) in [6.45, 7) is 13.3. The summed E-state index contributed by atoms with van der Waals surface area (Å²) in [4.78, 5) is 32.5. The van der Waals surface area contributed by atoms with E-state index < -0.39 is 23.1 Å². The maximum absolute atomic E-state index is 13.7. The van der Waals surface area contributed by atoms with Crippen molar-refractivity contribution in [2.24, 2.45) is 0 Å². The van der Waals surface area contributed by atoms with Crippen LogP contribution in [0.2, 0.25) is 0 Å². The summed E-state index contributed by atoms with van der Waals surface area (Å²) in [5.74, 6) is -0.283. The molecule has 0 saturated carbocycles. The van der Waals surface area contributed by atoms with Gasteiger partial charge in [-0.25, -0.2) is 19.1 Å². The van der Waals surface area contributed by atoms with E-state index in [0.29, 0.717) is 23.4 Å². The van der Waals surface area contributed by atoms with Gasteiger partial charge in [0, 0.05) is 18.2 Å². The fourth-order valence-corrected chi connectivity index (χ4v) is 3.96. The van der Waals surface area contributed by atoms with E-state index in [1.165, 1.54) is 29.2 Å². The molecular formula is C30H31FN2O3. The molecule has 1 aromatic heterocycles. The van der Waals surface area contributed by atoms with E-state index in [1.54, 1.807) is 51.3 Å². The van der Waals surface area contributed by atoms with Crippen LogP contribution in [0.4, 0.5) is 15.0 Å². The average molecular weight is 487 g/mol. The van der Waals surface area contributed by atoms with Crippen LogP contribution in [0.25, 0.3) is 0 Å². The highest BCUT2D eigenvalue weighted by molar-refractivity contribution is 5.97. The Bertz CT molecular complexity index is 1230. The quantitative estimate of drug-likeness (QED) is 0.240. The molecule has 3 aromatic rings. The lowest BCUT2D eigenvalue weighted by Crippen LogP contribution is -2.50. The summed E-state index contributed by atoms with van der Waals surface area (Å²) in [5, 5.41) is 0. The van der Waals surface area contributed by atoms with E-state index >= 15 is 0 Å². The first-order valence-electron chi connectivity index (χ1n) is 11.7. The van der Waals surface area contributed by atoms with E-state index in [9.17, 15) is 14.0 Å². The van der Waals surface area contributed by atoms with Crippen molar-refractivity contribution in [3.8, 4) is 0 Å². The van der Waals surface area contributed by atoms with Gasteiger partial charge in [-0.3, -0.25) is 4.79 Å². The number of halogens is 1. The maximum atomic E-state index is 13.7. The van der Waals surface area contributed by atoms with Crippen molar-refractivity contribution in [1.29, 1.82) is 0 Å². The second kappa shape index (κ2) is 11.1. The number of pyridine rings is 1. The minimum Gasteiger partial charge on any atom is -0.443 e. The first kappa shape index (κ1) is 26.5. The van der Waals surface area contributed by atoms with Gasteiger partial charge in [0.25, 0.3) is 0 Å². The zero-order valence-electron chi connectivity index (χ0n) is 20.9. The van der Waals surface area contributed by atoms with E-state index in [0.717, 1.165) is 5.56 Å². The zero-order chi connectivity index (χ0) is 26.3. The van der Waals surface area contributed by atoms with Crippen molar-refractivity contribution < 1.29 is 18.7 Å². The highest BCUT2D eigenvalue weighted by Crippen LogP contribution is 2.38. The number of nitrogens with zero attached hydrogens (tertiary/aromatic N) is 2. The van der Waals surface area contributed by atoms with Crippen molar-refractivity contribution in [3.63, 3.8) is 0 Å². The number of ketones is 1. The molecule has 0 aliphatic heterocycles. The lowest BCUT2D eigenvalue weighted by molar-refractivity contribution is 0.0546. The number of benzene rings is 2. The summed E-state index contributed by atoms with van der Waals surface area (Å²) >= 11 is 0. The van der Waals surface area contributed by atoms with Gasteiger partial charge in [0.15, 0.2) is 5.78 Å². The Morgan fingerprint density at radius 2 is 1.69 bits per heavy atom. The van der Waals surface area contributed by atoms with Crippen molar-refractivity contribution in [1.82, 2.24) is 4.98 Å². The maximum Gasteiger partial charge on any atom is 0.417 e. The molecule has 1 heterocycles. The first-order valence-corrected chi connectivity index (χ1v) is 11.7. The zero-order valence-corrected chi connectivity index (χ0v) is 20.9. The highest BCUT2D eigenvalue weighted by Gasteiger charge is 2.42. The average Bonchev–Trinajstić information content (AvgIpc) is 2.83. The van der Waals surface area contributed by atoms with E-state index in [1.807, 2.05) is 30.3 Å². The topological polar surface area (TPSA) is 59.5 Å². The molecule has 0 bridgehead atoms. The van der Waals surface area contributed by atoms with Crippen LogP contribution in [-0.4, -0.2) is 22.5 Å². The van der Waals surface area contributed by atoms with Crippen LogP contribution in [0.1, 0.15) is 48.7 Å². The predicted octanol–water partition coefficient (Wildman–Crippen LogP) is 7.05. The number of carbonyl (C=O) groups is 2. The monoisotopic (exact) mass is 486 g/mol. The minimum atomic E-state index is -1.04. The molecule has 1 atom stereocenters. The van der Waals surface area contributed by atoms with Crippen molar-refractivity contribution in [2.75, 3.05) is 4.90 Å². The van der Waals surface area contributed by atoms with Gasteiger partial charge in [0.1, 0.15) is 17.2 Å². The molecule has 6 heteroatoms. The lowest BCUT2D eigenvalue weighted by Gasteiger charge is -2.41. The molecule has 186 valence electrons. The second-order valence-electron chi connectivity index (χ2n) is 9.43. The van der Waals surface area contributed by atoms with E-state index in [-0.39, 0.29) is 12.2 Å². The third kappa shape index (κ3) is 6.13. The number of Topliss-reactive ketones (excluding diaryl/α,β-unsaturated/α-hetero) is 1. The Hall–Kier alpha value is -4.06. The third-order valence-corrected chi connectivity index (χ3v) is 5.61. The van der Waals surface area contributed by atoms with E-state index in [2.05, 4.69) is 18.1 Å². The molecule has 0 spiro atoms. The van der Waals surface area contributed by atoms with Gasteiger partial charge in [-0.05, 0) is 74.7 Å². The molecule has 36 heavy (non-hydrogen) atoms. The number of amides is 1.